The quantitative estimate of drug-likeness (QED) is 0.521. The third-order valence-electron chi connectivity index (χ3n) is 2.68. The average Bonchev–Trinajstić information content (AvgIpc) is 2.67. The van der Waals surface area contributed by atoms with Gasteiger partial charge in [0.2, 0.25) is 0 Å². The van der Waals surface area contributed by atoms with Crippen molar-refractivity contribution in [2.45, 2.75) is 25.7 Å². The second-order valence-corrected chi connectivity index (χ2v) is 3.67. The summed E-state index contributed by atoms with van der Waals surface area (Å²) in [5, 5.41) is 0. The molecule has 0 bridgehead atoms. The third kappa shape index (κ3) is 1.82. The number of ether oxygens (including phenoxy) is 1. The molecule has 74 valence electrons. The maximum atomic E-state index is 5.72. The maximum Gasteiger partial charge on any atom is 0.122 e. The van der Waals surface area contributed by atoms with Gasteiger partial charge in [-0.05, 0) is 42.9 Å². The van der Waals surface area contributed by atoms with Crippen LogP contribution in [0.4, 0.5) is 0 Å². The second-order valence-electron chi connectivity index (χ2n) is 3.67. The molecule has 1 aromatic rings. The number of hydrogen-bond donors (Lipinski definition) is 0. The Labute approximate surface area is 85.4 Å². The van der Waals surface area contributed by atoms with Gasteiger partial charge in [0.15, 0.2) is 0 Å². The number of rotatable bonds is 4. The van der Waals surface area contributed by atoms with Gasteiger partial charge in [-0.15, -0.1) is 6.58 Å². The van der Waals surface area contributed by atoms with Crippen molar-refractivity contribution in [3.05, 3.63) is 42.0 Å². The summed E-state index contributed by atoms with van der Waals surface area (Å²) in [6.07, 6.45) is 6.48. The molecular formula is C13H16O. The molecule has 0 amide bonds. The molecule has 1 aliphatic carbocycles. The van der Waals surface area contributed by atoms with Crippen LogP contribution < -0.4 is 4.74 Å². The Balaban J connectivity index is 2.10. The van der Waals surface area contributed by atoms with Crippen LogP contribution in [0.25, 0.3) is 0 Å². The van der Waals surface area contributed by atoms with Crippen molar-refractivity contribution in [2.24, 2.45) is 0 Å². The highest BCUT2D eigenvalue weighted by Gasteiger charge is 2.14. The Bertz CT molecular complexity index is 328. The zero-order chi connectivity index (χ0) is 9.80. The van der Waals surface area contributed by atoms with E-state index in [4.69, 9.17) is 4.74 Å². The lowest BCUT2D eigenvalue weighted by Crippen LogP contribution is -1.98. The molecular weight excluding hydrogens is 172 g/mol. The average molecular weight is 188 g/mol. The van der Waals surface area contributed by atoms with E-state index in [1.54, 1.807) is 0 Å². The Morgan fingerprint density at radius 3 is 3.14 bits per heavy atom. The molecule has 0 saturated heterocycles. The normalized spacial score (nSPS) is 13.7. The minimum Gasteiger partial charge on any atom is -0.493 e. The van der Waals surface area contributed by atoms with Gasteiger partial charge in [0.25, 0.3) is 0 Å². The Morgan fingerprint density at radius 1 is 1.36 bits per heavy atom. The van der Waals surface area contributed by atoms with E-state index < -0.39 is 0 Å². The highest BCUT2D eigenvalue weighted by atomic mass is 16.5. The van der Waals surface area contributed by atoms with Gasteiger partial charge < -0.3 is 4.74 Å². The predicted molar refractivity (Wildman–Crippen MR) is 58.8 cm³/mol. The van der Waals surface area contributed by atoms with Crippen molar-refractivity contribution >= 4 is 0 Å². The molecule has 0 aromatic heterocycles. The van der Waals surface area contributed by atoms with Crippen molar-refractivity contribution in [1.82, 2.24) is 0 Å². The lowest BCUT2D eigenvalue weighted by molar-refractivity contribution is 0.322. The first kappa shape index (κ1) is 9.32. The Morgan fingerprint density at radius 2 is 2.29 bits per heavy atom. The molecule has 2 rings (SSSR count). The minimum atomic E-state index is 0.750. The third-order valence-corrected chi connectivity index (χ3v) is 2.68. The largest absolute Gasteiger partial charge is 0.493 e. The van der Waals surface area contributed by atoms with Crippen LogP contribution in [0.2, 0.25) is 0 Å². The summed E-state index contributed by atoms with van der Waals surface area (Å²) in [6.45, 7) is 4.43. The molecule has 0 fully saturated rings. The van der Waals surface area contributed by atoms with Crippen LogP contribution in [0.5, 0.6) is 5.75 Å². The van der Waals surface area contributed by atoms with Crippen molar-refractivity contribution in [3.8, 4) is 5.75 Å². The van der Waals surface area contributed by atoms with Gasteiger partial charge in [0.05, 0.1) is 6.61 Å². The lowest BCUT2D eigenvalue weighted by atomic mass is 10.1. The van der Waals surface area contributed by atoms with E-state index in [0.29, 0.717) is 0 Å². The summed E-state index contributed by atoms with van der Waals surface area (Å²) in [6, 6.07) is 6.38. The lowest BCUT2D eigenvalue weighted by Gasteiger charge is -2.09. The zero-order valence-electron chi connectivity index (χ0n) is 8.46. The van der Waals surface area contributed by atoms with Gasteiger partial charge in [-0.3, -0.25) is 0 Å². The summed E-state index contributed by atoms with van der Waals surface area (Å²) < 4.78 is 5.72. The van der Waals surface area contributed by atoms with E-state index in [1.165, 1.54) is 30.4 Å². The second kappa shape index (κ2) is 4.32. The molecule has 1 aliphatic rings. The molecule has 0 heterocycles. The first-order chi connectivity index (χ1) is 6.92. The van der Waals surface area contributed by atoms with Gasteiger partial charge in [0.1, 0.15) is 5.75 Å². The molecule has 0 saturated carbocycles. The Hall–Kier alpha value is -1.24. The summed E-state index contributed by atoms with van der Waals surface area (Å²) in [5.41, 5.74) is 2.90. The zero-order valence-corrected chi connectivity index (χ0v) is 8.46. The number of hydrogen-bond acceptors (Lipinski definition) is 1. The van der Waals surface area contributed by atoms with E-state index in [0.717, 1.165) is 18.8 Å². The van der Waals surface area contributed by atoms with Crippen LogP contribution in [0.15, 0.2) is 30.9 Å². The van der Waals surface area contributed by atoms with E-state index in [2.05, 4.69) is 24.8 Å². The molecule has 0 radical (unpaired) electrons. The summed E-state index contributed by atoms with van der Waals surface area (Å²) in [7, 11) is 0. The van der Waals surface area contributed by atoms with Gasteiger partial charge >= 0.3 is 0 Å². The van der Waals surface area contributed by atoms with Crippen LogP contribution in [-0.2, 0) is 12.8 Å². The maximum absolute atomic E-state index is 5.72. The van der Waals surface area contributed by atoms with Crippen LogP contribution in [0, 0.1) is 0 Å². The highest BCUT2D eigenvalue weighted by molar-refractivity contribution is 5.42. The van der Waals surface area contributed by atoms with Gasteiger partial charge in [-0.2, -0.15) is 0 Å². The van der Waals surface area contributed by atoms with Crippen LogP contribution >= 0.6 is 0 Å². The molecule has 1 heteroatoms. The predicted octanol–water partition coefficient (Wildman–Crippen LogP) is 3.13. The van der Waals surface area contributed by atoms with Gasteiger partial charge in [-0.25, -0.2) is 0 Å². The molecule has 1 aromatic carbocycles. The van der Waals surface area contributed by atoms with Crippen molar-refractivity contribution in [1.29, 1.82) is 0 Å². The first-order valence-electron chi connectivity index (χ1n) is 5.26. The summed E-state index contributed by atoms with van der Waals surface area (Å²) in [5.74, 6) is 1.09. The fraction of sp³-hybridized carbons (Fsp3) is 0.385. The van der Waals surface area contributed by atoms with Crippen molar-refractivity contribution < 1.29 is 4.74 Å². The van der Waals surface area contributed by atoms with Crippen LogP contribution in [-0.4, -0.2) is 6.61 Å². The molecule has 1 nitrogen and oxygen atoms in total. The summed E-state index contributed by atoms with van der Waals surface area (Å²) >= 11 is 0. The molecule has 14 heavy (non-hydrogen) atoms. The number of aryl methyl sites for hydroxylation is 1. The highest BCUT2D eigenvalue weighted by Crippen LogP contribution is 2.30. The Kier molecular flexibility index (Phi) is 2.87. The smallest absolute Gasteiger partial charge is 0.122 e. The van der Waals surface area contributed by atoms with Crippen LogP contribution in [0.3, 0.4) is 0 Å². The van der Waals surface area contributed by atoms with Crippen molar-refractivity contribution in [3.63, 3.8) is 0 Å². The summed E-state index contributed by atoms with van der Waals surface area (Å²) in [4.78, 5) is 0. The first-order valence-corrected chi connectivity index (χ1v) is 5.26. The van der Waals surface area contributed by atoms with Gasteiger partial charge in [-0.1, -0.05) is 18.2 Å². The van der Waals surface area contributed by atoms with Gasteiger partial charge in [0, 0.05) is 0 Å². The SMILES string of the molecule is C=CCCOc1cccc2c1CCC2. The molecule has 0 aliphatic heterocycles. The minimum absolute atomic E-state index is 0.750. The van der Waals surface area contributed by atoms with Crippen molar-refractivity contribution in [2.75, 3.05) is 6.61 Å². The number of fused-ring (bicyclic) bond motifs is 1. The molecule has 0 unspecified atom stereocenters. The topological polar surface area (TPSA) is 9.23 Å². The molecule has 0 atom stereocenters. The standard InChI is InChI=1S/C13H16O/c1-2-3-10-14-13-9-5-7-11-6-4-8-12(11)13/h2,5,7,9H,1,3-4,6,8,10H2. The van der Waals surface area contributed by atoms with E-state index in [1.807, 2.05) is 6.08 Å². The molecule has 0 spiro atoms. The molecule has 0 N–H and O–H groups in total. The van der Waals surface area contributed by atoms with E-state index >= 15 is 0 Å². The fourth-order valence-electron chi connectivity index (χ4n) is 1.97. The fourth-order valence-corrected chi connectivity index (χ4v) is 1.97. The van der Waals surface area contributed by atoms with E-state index in [-0.39, 0.29) is 0 Å². The van der Waals surface area contributed by atoms with Crippen LogP contribution in [0.1, 0.15) is 24.0 Å². The van der Waals surface area contributed by atoms with E-state index in [9.17, 15) is 0 Å². The monoisotopic (exact) mass is 188 g/mol. The number of benzene rings is 1.